The van der Waals surface area contributed by atoms with Gasteiger partial charge in [-0.1, -0.05) is 0 Å². The molecule has 0 aliphatic heterocycles. The molecular formula is C9H15F3N2OS. The second-order valence-electron chi connectivity index (χ2n) is 3.62. The Morgan fingerprint density at radius 1 is 1.31 bits per heavy atom. The van der Waals surface area contributed by atoms with E-state index in [1.54, 1.807) is 0 Å². The molecule has 2 N–H and O–H groups in total. The van der Waals surface area contributed by atoms with Crippen LogP contribution in [0.15, 0.2) is 0 Å². The molecule has 0 atom stereocenters. The predicted octanol–water partition coefficient (Wildman–Crippen LogP) is 1.50. The lowest BCUT2D eigenvalue weighted by Gasteiger charge is -2.07. The molecule has 0 aromatic heterocycles. The van der Waals surface area contributed by atoms with Crippen molar-refractivity contribution in [3.8, 4) is 0 Å². The molecule has 0 bridgehead atoms. The molecule has 0 saturated heterocycles. The summed E-state index contributed by atoms with van der Waals surface area (Å²) < 4.78 is 35.2. The van der Waals surface area contributed by atoms with Gasteiger partial charge in [-0.05, 0) is 24.6 Å². The zero-order valence-electron chi connectivity index (χ0n) is 8.77. The van der Waals surface area contributed by atoms with Gasteiger partial charge in [0, 0.05) is 31.3 Å². The summed E-state index contributed by atoms with van der Waals surface area (Å²) in [5, 5.41) is 5.61. The van der Waals surface area contributed by atoms with Crippen LogP contribution >= 0.6 is 11.8 Å². The van der Waals surface area contributed by atoms with E-state index in [0.717, 1.165) is 12.8 Å². The molecule has 0 unspecified atom stereocenters. The van der Waals surface area contributed by atoms with E-state index in [1.165, 1.54) is 0 Å². The molecule has 94 valence electrons. The largest absolute Gasteiger partial charge is 0.441 e. The van der Waals surface area contributed by atoms with Crippen molar-refractivity contribution < 1.29 is 18.0 Å². The standard InChI is InChI=1S/C9H15F3N2OS/c10-9(11,12)16-6-5-14-8(15)3-4-13-7-1-2-7/h7,13H,1-6H2,(H,14,15). The number of halogens is 3. The molecule has 16 heavy (non-hydrogen) atoms. The van der Waals surface area contributed by atoms with E-state index in [4.69, 9.17) is 0 Å². The Labute approximate surface area is 96.5 Å². The minimum absolute atomic E-state index is 0.0619. The zero-order chi connectivity index (χ0) is 12.0. The number of alkyl halides is 3. The summed E-state index contributed by atoms with van der Waals surface area (Å²) in [5.74, 6) is -0.332. The first-order valence-corrected chi connectivity index (χ1v) is 6.17. The lowest BCUT2D eigenvalue weighted by atomic mass is 10.4. The van der Waals surface area contributed by atoms with Crippen LogP contribution in [0.2, 0.25) is 0 Å². The van der Waals surface area contributed by atoms with E-state index < -0.39 is 5.51 Å². The first kappa shape index (κ1) is 13.6. The second-order valence-corrected chi connectivity index (χ2v) is 4.78. The predicted molar refractivity (Wildman–Crippen MR) is 57.2 cm³/mol. The van der Waals surface area contributed by atoms with Gasteiger partial charge in [0.05, 0.1) is 0 Å². The molecule has 1 rings (SSSR count). The molecule has 1 aliphatic carbocycles. The van der Waals surface area contributed by atoms with Crippen molar-refractivity contribution in [2.45, 2.75) is 30.8 Å². The van der Waals surface area contributed by atoms with E-state index in [-0.39, 0.29) is 30.0 Å². The fourth-order valence-electron chi connectivity index (χ4n) is 1.12. The number of rotatable bonds is 7. The summed E-state index contributed by atoms with van der Waals surface area (Å²) >= 11 is -0.116. The zero-order valence-corrected chi connectivity index (χ0v) is 9.59. The number of hydrogen-bond donors (Lipinski definition) is 2. The fourth-order valence-corrected chi connectivity index (χ4v) is 1.56. The van der Waals surface area contributed by atoms with Gasteiger partial charge >= 0.3 is 5.51 Å². The van der Waals surface area contributed by atoms with Gasteiger partial charge in [0.2, 0.25) is 5.91 Å². The summed E-state index contributed by atoms with van der Waals surface area (Å²) in [6, 6.07) is 0.550. The van der Waals surface area contributed by atoms with Gasteiger partial charge in [-0.2, -0.15) is 13.2 Å². The van der Waals surface area contributed by atoms with E-state index in [9.17, 15) is 18.0 Å². The van der Waals surface area contributed by atoms with Crippen LogP contribution in [0.5, 0.6) is 0 Å². The molecule has 0 spiro atoms. The van der Waals surface area contributed by atoms with Crippen molar-refractivity contribution in [3.63, 3.8) is 0 Å². The topological polar surface area (TPSA) is 41.1 Å². The molecule has 7 heteroatoms. The van der Waals surface area contributed by atoms with Crippen LogP contribution in [0.4, 0.5) is 13.2 Å². The van der Waals surface area contributed by atoms with E-state index in [0.29, 0.717) is 19.0 Å². The molecule has 1 aliphatic rings. The van der Waals surface area contributed by atoms with Gasteiger partial charge in [0.1, 0.15) is 0 Å². The Hall–Kier alpha value is -0.430. The van der Waals surface area contributed by atoms with Crippen LogP contribution in [0.3, 0.4) is 0 Å². The maximum absolute atomic E-state index is 11.7. The van der Waals surface area contributed by atoms with Gasteiger partial charge in [0.15, 0.2) is 0 Å². The maximum atomic E-state index is 11.7. The van der Waals surface area contributed by atoms with Gasteiger partial charge < -0.3 is 10.6 Å². The number of amides is 1. The lowest BCUT2D eigenvalue weighted by Crippen LogP contribution is -2.30. The SMILES string of the molecule is O=C(CCNC1CC1)NCCSC(F)(F)F. The minimum Gasteiger partial charge on any atom is -0.355 e. The Morgan fingerprint density at radius 3 is 2.56 bits per heavy atom. The fraction of sp³-hybridized carbons (Fsp3) is 0.889. The number of hydrogen-bond acceptors (Lipinski definition) is 3. The van der Waals surface area contributed by atoms with Crippen molar-refractivity contribution in [2.75, 3.05) is 18.8 Å². The normalized spacial score (nSPS) is 16.2. The van der Waals surface area contributed by atoms with Gasteiger partial charge in [-0.25, -0.2) is 0 Å². The number of nitrogens with one attached hydrogen (secondary N) is 2. The van der Waals surface area contributed by atoms with Crippen molar-refractivity contribution in [1.29, 1.82) is 0 Å². The van der Waals surface area contributed by atoms with Crippen molar-refractivity contribution in [3.05, 3.63) is 0 Å². The average molecular weight is 256 g/mol. The lowest BCUT2D eigenvalue weighted by molar-refractivity contribution is -0.120. The molecule has 1 saturated carbocycles. The highest BCUT2D eigenvalue weighted by atomic mass is 32.2. The summed E-state index contributed by atoms with van der Waals surface area (Å²) in [6.45, 7) is 0.662. The van der Waals surface area contributed by atoms with Crippen molar-refractivity contribution in [2.24, 2.45) is 0 Å². The van der Waals surface area contributed by atoms with E-state index >= 15 is 0 Å². The third kappa shape index (κ3) is 7.81. The van der Waals surface area contributed by atoms with E-state index in [1.807, 2.05) is 0 Å². The average Bonchev–Trinajstić information content (AvgIpc) is 2.95. The van der Waals surface area contributed by atoms with Crippen LogP contribution in [0.1, 0.15) is 19.3 Å². The number of carbonyl (C=O) groups excluding carboxylic acids is 1. The number of carbonyl (C=O) groups is 1. The Morgan fingerprint density at radius 2 is 2.00 bits per heavy atom. The van der Waals surface area contributed by atoms with Gasteiger partial charge in [0.25, 0.3) is 0 Å². The Balaban J connectivity index is 1.89. The minimum atomic E-state index is -4.21. The summed E-state index contributed by atoms with van der Waals surface area (Å²) in [4.78, 5) is 11.1. The molecule has 0 heterocycles. The maximum Gasteiger partial charge on any atom is 0.441 e. The van der Waals surface area contributed by atoms with E-state index in [2.05, 4.69) is 10.6 Å². The quantitative estimate of drug-likeness (QED) is 0.678. The first-order valence-electron chi connectivity index (χ1n) is 5.18. The smallest absolute Gasteiger partial charge is 0.355 e. The summed E-state index contributed by atoms with van der Waals surface area (Å²) in [6.07, 6.45) is 2.64. The van der Waals surface area contributed by atoms with Crippen molar-refractivity contribution in [1.82, 2.24) is 10.6 Å². The molecule has 0 aromatic carbocycles. The van der Waals surface area contributed by atoms with Crippen LogP contribution < -0.4 is 10.6 Å². The Kier molecular flexibility index (Phi) is 5.40. The van der Waals surface area contributed by atoms with Gasteiger partial charge in [-0.3, -0.25) is 4.79 Å². The van der Waals surface area contributed by atoms with Crippen LogP contribution in [-0.2, 0) is 4.79 Å². The Bertz CT molecular complexity index is 231. The van der Waals surface area contributed by atoms with Crippen LogP contribution in [-0.4, -0.2) is 36.3 Å². The first-order chi connectivity index (χ1) is 7.47. The third-order valence-electron chi connectivity index (χ3n) is 2.05. The molecule has 0 radical (unpaired) electrons. The summed E-state index contributed by atoms with van der Waals surface area (Å²) in [5.41, 5.74) is -4.21. The van der Waals surface area contributed by atoms with Crippen molar-refractivity contribution >= 4 is 17.7 Å². The molecule has 1 fully saturated rings. The highest BCUT2D eigenvalue weighted by Gasteiger charge is 2.27. The monoisotopic (exact) mass is 256 g/mol. The highest BCUT2D eigenvalue weighted by molar-refractivity contribution is 8.00. The van der Waals surface area contributed by atoms with Crippen LogP contribution in [0, 0.1) is 0 Å². The molecule has 0 aromatic rings. The van der Waals surface area contributed by atoms with Gasteiger partial charge in [-0.15, -0.1) is 0 Å². The number of thioether (sulfide) groups is 1. The molecule has 1 amide bonds. The highest BCUT2D eigenvalue weighted by Crippen LogP contribution is 2.29. The third-order valence-corrected chi connectivity index (χ3v) is 2.79. The second kappa shape index (κ2) is 6.34. The summed E-state index contributed by atoms with van der Waals surface area (Å²) in [7, 11) is 0. The van der Waals surface area contributed by atoms with Crippen LogP contribution in [0.25, 0.3) is 0 Å². The molecule has 3 nitrogen and oxygen atoms in total. The molecular weight excluding hydrogens is 241 g/mol.